The molecule has 0 aromatic heterocycles. The van der Waals surface area contributed by atoms with Gasteiger partial charge in [-0.05, 0) is 42.3 Å². The molecule has 0 saturated carbocycles. The first-order valence-corrected chi connectivity index (χ1v) is 6.83. The van der Waals surface area contributed by atoms with Gasteiger partial charge in [0.25, 0.3) is 0 Å². The maximum atomic E-state index is 5.87. The fourth-order valence-electron chi connectivity index (χ4n) is 2.01. The summed E-state index contributed by atoms with van der Waals surface area (Å²) in [6.07, 6.45) is 0. The summed E-state index contributed by atoms with van der Waals surface area (Å²) >= 11 is 0. The van der Waals surface area contributed by atoms with E-state index in [2.05, 4.69) is 0 Å². The summed E-state index contributed by atoms with van der Waals surface area (Å²) < 4.78 is 16.4. The third kappa shape index (κ3) is 3.89. The van der Waals surface area contributed by atoms with Gasteiger partial charge in [-0.1, -0.05) is 18.2 Å². The fourth-order valence-corrected chi connectivity index (χ4v) is 2.01. The van der Waals surface area contributed by atoms with E-state index in [0.29, 0.717) is 18.1 Å². The van der Waals surface area contributed by atoms with Gasteiger partial charge in [-0.2, -0.15) is 0 Å². The zero-order valence-electron chi connectivity index (χ0n) is 12.6. The van der Waals surface area contributed by atoms with Crippen molar-refractivity contribution in [3.63, 3.8) is 0 Å². The topological polar surface area (TPSA) is 53.7 Å². The number of rotatable bonds is 6. The Morgan fingerprint density at radius 1 is 1.00 bits per heavy atom. The van der Waals surface area contributed by atoms with Crippen molar-refractivity contribution < 1.29 is 14.2 Å². The lowest BCUT2D eigenvalue weighted by Gasteiger charge is -2.14. The Hall–Kier alpha value is -2.20. The summed E-state index contributed by atoms with van der Waals surface area (Å²) in [6.45, 7) is 2.39. The fraction of sp³-hybridized carbons (Fsp3) is 0.294. The maximum absolute atomic E-state index is 5.87. The molecule has 0 aliphatic rings. The molecule has 4 nitrogen and oxygen atoms in total. The maximum Gasteiger partial charge on any atom is 0.161 e. The molecule has 0 fully saturated rings. The molecule has 0 radical (unpaired) electrons. The van der Waals surface area contributed by atoms with Crippen LogP contribution in [0.1, 0.15) is 24.1 Å². The lowest BCUT2D eigenvalue weighted by atomic mass is 10.1. The predicted molar refractivity (Wildman–Crippen MR) is 82.9 cm³/mol. The number of methoxy groups -OCH3 is 2. The van der Waals surface area contributed by atoms with Gasteiger partial charge >= 0.3 is 0 Å². The van der Waals surface area contributed by atoms with E-state index in [1.165, 1.54) is 0 Å². The standard InChI is InChI=1S/C17H21NO3/c1-12(18)14-7-8-16(17(10-14)20-3)21-11-13-5-4-6-15(9-13)19-2/h4-10,12H,11,18H2,1-3H3. The molecular formula is C17H21NO3. The summed E-state index contributed by atoms with van der Waals surface area (Å²) in [5.41, 5.74) is 7.92. The van der Waals surface area contributed by atoms with Crippen LogP contribution >= 0.6 is 0 Å². The Morgan fingerprint density at radius 2 is 1.81 bits per heavy atom. The number of benzene rings is 2. The first-order chi connectivity index (χ1) is 10.1. The molecule has 2 aromatic rings. The van der Waals surface area contributed by atoms with Gasteiger partial charge in [-0.15, -0.1) is 0 Å². The quantitative estimate of drug-likeness (QED) is 0.885. The SMILES string of the molecule is COc1cccc(COc2ccc(C(C)N)cc2OC)c1. The smallest absolute Gasteiger partial charge is 0.161 e. The second-order valence-electron chi connectivity index (χ2n) is 4.84. The normalized spacial score (nSPS) is 11.8. The Bertz CT molecular complexity index is 596. The monoisotopic (exact) mass is 287 g/mol. The highest BCUT2D eigenvalue weighted by Gasteiger charge is 2.08. The van der Waals surface area contributed by atoms with Crippen molar-refractivity contribution in [2.24, 2.45) is 5.73 Å². The first kappa shape index (κ1) is 15.2. The average Bonchev–Trinajstić information content (AvgIpc) is 2.52. The number of nitrogens with two attached hydrogens (primary N) is 1. The van der Waals surface area contributed by atoms with Crippen LogP contribution in [0.15, 0.2) is 42.5 Å². The Kier molecular flexibility index (Phi) is 5.06. The van der Waals surface area contributed by atoms with Crippen LogP contribution in [0.2, 0.25) is 0 Å². The minimum absolute atomic E-state index is 0.0358. The van der Waals surface area contributed by atoms with Crippen LogP contribution in [0.5, 0.6) is 17.2 Å². The number of hydrogen-bond donors (Lipinski definition) is 1. The lowest BCUT2D eigenvalue weighted by molar-refractivity contribution is 0.283. The molecule has 0 amide bonds. The van der Waals surface area contributed by atoms with E-state index in [4.69, 9.17) is 19.9 Å². The zero-order chi connectivity index (χ0) is 15.2. The molecule has 4 heteroatoms. The van der Waals surface area contributed by atoms with Crippen LogP contribution in [0.25, 0.3) is 0 Å². The molecule has 0 saturated heterocycles. The summed E-state index contributed by atoms with van der Waals surface area (Å²) in [5.74, 6) is 2.20. The van der Waals surface area contributed by atoms with Crippen LogP contribution < -0.4 is 19.9 Å². The van der Waals surface area contributed by atoms with Crippen LogP contribution in [0.3, 0.4) is 0 Å². The van der Waals surface area contributed by atoms with E-state index in [-0.39, 0.29) is 6.04 Å². The largest absolute Gasteiger partial charge is 0.497 e. The number of hydrogen-bond acceptors (Lipinski definition) is 4. The van der Waals surface area contributed by atoms with E-state index in [1.54, 1.807) is 14.2 Å². The summed E-state index contributed by atoms with van der Waals surface area (Å²) in [7, 11) is 3.27. The Morgan fingerprint density at radius 3 is 2.48 bits per heavy atom. The molecule has 0 aliphatic carbocycles. The molecule has 0 spiro atoms. The highest BCUT2D eigenvalue weighted by molar-refractivity contribution is 5.44. The summed E-state index contributed by atoms with van der Waals surface area (Å²) in [5, 5.41) is 0. The molecule has 1 atom stereocenters. The van der Waals surface area contributed by atoms with Crippen LogP contribution in [-0.2, 0) is 6.61 Å². The Labute approximate surface area is 125 Å². The van der Waals surface area contributed by atoms with Crippen molar-refractivity contribution in [2.75, 3.05) is 14.2 Å². The van der Waals surface area contributed by atoms with Gasteiger partial charge in [0.2, 0.25) is 0 Å². The van der Waals surface area contributed by atoms with E-state index in [1.807, 2.05) is 49.4 Å². The third-order valence-electron chi connectivity index (χ3n) is 3.24. The molecule has 1 unspecified atom stereocenters. The molecule has 112 valence electrons. The van der Waals surface area contributed by atoms with Crippen molar-refractivity contribution in [1.82, 2.24) is 0 Å². The van der Waals surface area contributed by atoms with Crippen LogP contribution in [0, 0.1) is 0 Å². The summed E-state index contributed by atoms with van der Waals surface area (Å²) in [4.78, 5) is 0. The van der Waals surface area contributed by atoms with E-state index >= 15 is 0 Å². The second kappa shape index (κ2) is 6.99. The van der Waals surface area contributed by atoms with Crippen LogP contribution in [0.4, 0.5) is 0 Å². The van der Waals surface area contributed by atoms with Gasteiger partial charge in [-0.3, -0.25) is 0 Å². The second-order valence-corrected chi connectivity index (χ2v) is 4.84. The van der Waals surface area contributed by atoms with Crippen molar-refractivity contribution in [2.45, 2.75) is 19.6 Å². The minimum atomic E-state index is -0.0358. The minimum Gasteiger partial charge on any atom is -0.497 e. The average molecular weight is 287 g/mol. The molecule has 0 heterocycles. The van der Waals surface area contributed by atoms with Crippen molar-refractivity contribution >= 4 is 0 Å². The molecule has 2 N–H and O–H groups in total. The van der Waals surface area contributed by atoms with E-state index in [0.717, 1.165) is 16.9 Å². The van der Waals surface area contributed by atoms with Crippen molar-refractivity contribution in [1.29, 1.82) is 0 Å². The van der Waals surface area contributed by atoms with Gasteiger partial charge < -0.3 is 19.9 Å². The molecule has 0 bridgehead atoms. The highest BCUT2D eigenvalue weighted by Crippen LogP contribution is 2.30. The van der Waals surface area contributed by atoms with E-state index in [9.17, 15) is 0 Å². The summed E-state index contributed by atoms with van der Waals surface area (Å²) in [6, 6.07) is 13.5. The van der Waals surface area contributed by atoms with Crippen molar-refractivity contribution in [3.8, 4) is 17.2 Å². The van der Waals surface area contributed by atoms with Gasteiger partial charge in [0, 0.05) is 6.04 Å². The zero-order valence-corrected chi connectivity index (χ0v) is 12.6. The molecule has 21 heavy (non-hydrogen) atoms. The molecular weight excluding hydrogens is 266 g/mol. The third-order valence-corrected chi connectivity index (χ3v) is 3.24. The Balaban J connectivity index is 2.12. The van der Waals surface area contributed by atoms with Gasteiger partial charge in [-0.25, -0.2) is 0 Å². The first-order valence-electron chi connectivity index (χ1n) is 6.83. The van der Waals surface area contributed by atoms with Crippen LogP contribution in [-0.4, -0.2) is 14.2 Å². The highest BCUT2D eigenvalue weighted by atomic mass is 16.5. The van der Waals surface area contributed by atoms with Crippen molar-refractivity contribution in [3.05, 3.63) is 53.6 Å². The number of ether oxygens (including phenoxy) is 3. The lowest BCUT2D eigenvalue weighted by Crippen LogP contribution is -2.05. The van der Waals surface area contributed by atoms with E-state index < -0.39 is 0 Å². The van der Waals surface area contributed by atoms with Gasteiger partial charge in [0.15, 0.2) is 11.5 Å². The molecule has 0 aliphatic heterocycles. The molecule has 2 rings (SSSR count). The van der Waals surface area contributed by atoms with Gasteiger partial charge in [0.05, 0.1) is 14.2 Å². The van der Waals surface area contributed by atoms with Gasteiger partial charge in [0.1, 0.15) is 12.4 Å². The predicted octanol–water partition coefficient (Wildman–Crippen LogP) is 3.30. The molecule has 2 aromatic carbocycles.